The van der Waals surface area contributed by atoms with Gasteiger partial charge in [0.1, 0.15) is 17.1 Å². The van der Waals surface area contributed by atoms with E-state index < -0.39 is 5.82 Å². The van der Waals surface area contributed by atoms with Crippen LogP contribution in [0.4, 0.5) is 4.39 Å². The van der Waals surface area contributed by atoms with Crippen molar-refractivity contribution in [1.82, 2.24) is 20.2 Å². The first-order chi connectivity index (χ1) is 10.2. The van der Waals surface area contributed by atoms with Gasteiger partial charge >= 0.3 is 0 Å². The minimum Gasteiger partial charge on any atom is -0.469 e. The van der Waals surface area contributed by atoms with Crippen LogP contribution in [0.15, 0.2) is 37.7 Å². The molecule has 0 bridgehead atoms. The van der Waals surface area contributed by atoms with Crippen molar-refractivity contribution >= 4 is 11.8 Å². The summed E-state index contributed by atoms with van der Waals surface area (Å²) in [5, 5.41) is 8.19. The first-order valence-corrected chi connectivity index (χ1v) is 7.06. The van der Waals surface area contributed by atoms with E-state index >= 15 is 0 Å². The highest BCUT2D eigenvalue weighted by molar-refractivity contribution is 7.99. The molecule has 3 aromatic rings. The number of nitrogens with zero attached hydrogens (tertiary/aromatic N) is 4. The molecule has 3 rings (SSSR count). The summed E-state index contributed by atoms with van der Waals surface area (Å²) in [5.74, 6) is 0.551. The molecule has 0 atom stereocenters. The quantitative estimate of drug-likeness (QED) is 0.684. The maximum atomic E-state index is 14.1. The van der Waals surface area contributed by atoms with Crippen LogP contribution in [0.5, 0.6) is 0 Å². The molecule has 108 valence electrons. The number of aromatic nitrogens is 4. The molecule has 0 unspecified atom stereocenters. The average molecular weight is 306 g/mol. The average Bonchev–Trinajstić information content (AvgIpc) is 3.10. The Morgan fingerprint density at radius 3 is 2.86 bits per heavy atom. The Hall–Kier alpha value is -2.22. The highest BCUT2D eigenvalue weighted by Gasteiger charge is 2.17. The predicted octanol–water partition coefficient (Wildman–Crippen LogP) is 3.28. The van der Waals surface area contributed by atoms with Crippen LogP contribution in [-0.2, 0) is 6.42 Å². The normalized spacial score (nSPS) is 11.0. The zero-order valence-corrected chi connectivity index (χ0v) is 12.1. The molecule has 0 amide bonds. The van der Waals surface area contributed by atoms with E-state index in [-0.39, 0.29) is 10.2 Å². The molecule has 0 aliphatic heterocycles. The van der Waals surface area contributed by atoms with Crippen LogP contribution in [0.25, 0.3) is 11.5 Å². The van der Waals surface area contributed by atoms with E-state index in [9.17, 15) is 4.39 Å². The molecule has 0 aliphatic rings. The fourth-order valence-electron chi connectivity index (χ4n) is 1.75. The monoisotopic (exact) mass is 306 g/mol. The summed E-state index contributed by atoms with van der Waals surface area (Å²) in [6.07, 6.45) is 3.35. The summed E-state index contributed by atoms with van der Waals surface area (Å²) in [4.78, 5) is 7.78. The van der Waals surface area contributed by atoms with Gasteiger partial charge in [-0.15, -0.1) is 10.2 Å². The number of rotatable bonds is 4. The van der Waals surface area contributed by atoms with E-state index in [1.54, 1.807) is 19.3 Å². The first-order valence-electron chi connectivity index (χ1n) is 6.24. The van der Waals surface area contributed by atoms with Gasteiger partial charge in [0.2, 0.25) is 0 Å². The van der Waals surface area contributed by atoms with Gasteiger partial charge in [-0.25, -0.2) is 14.4 Å². The number of furan rings is 1. The van der Waals surface area contributed by atoms with Gasteiger partial charge in [-0.3, -0.25) is 0 Å². The molecule has 0 radical (unpaired) electrons. The molecule has 0 saturated carbocycles. The Labute approximate surface area is 123 Å². The summed E-state index contributed by atoms with van der Waals surface area (Å²) in [6, 6.07) is 1.73. The SMILES string of the molecule is CCc1ncnc(Sc2nnc(-c3ccoc3C)o2)c1F. The fraction of sp³-hybridized carbons (Fsp3) is 0.231. The molecule has 0 spiro atoms. The molecule has 0 aliphatic carbocycles. The van der Waals surface area contributed by atoms with Crippen molar-refractivity contribution < 1.29 is 13.2 Å². The molecule has 6 nitrogen and oxygen atoms in total. The van der Waals surface area contributed by atoms with E-state index in [1.807, 2.05) is 6.92 Å². The Morgan fingerprint density at radius 1 is 1.29 bits per heavy atom. The molecule has 21 heavy (non-hydrogen) atoms. The van der Waals surface area contributed by atoms with E-state index in [1.165, 1.54) is 6.33 Å². The lowest BCUT2D eigenvalue weighted by Crippen LogP contribution is -1.97. The van der Waals surface area contributed by atoms with Gasteiger partial charge in [0.25, 0.3) is 11.1 Å². The lowest BCUT2D eigenvalue weighted by molar-refractivity contribution is 0.461. The Balaban J connectivity index is 1.87. The minimum absolute atomic E-state index is 0.168. The predicted molar refractivity (Wildman–Crippen MR) is 72.2 cm³/mol. The third-order valence-electron chi connectivity index (χ3n) is 2.84. The zero-order valence-electron chi connectivity index (χ0n) is 11.3. The Kier molecular flexibility index (Phi) is 3.70. The molecule has 0 aromatic carbocycles. The van der Waals surface area contributed by atoms with Gasteiger partial charge in [-0.05, 0) is 31.2 Å². The molecule has 3 heterocycles. The lowest BCUT2D eigenvalue weighted by Gasteiger charge is -2.01. The Morgan fingerprint density at radius 2 is 2.14 bits per heavy atom. The van der Waals surface area contributed by atoms with E-state index in [2.05, 4.69) is 20.2 Å². The smallest absolute Gasteiger partial charge is 0.283 e. The summed E-state index contributed by atoms with van der Waals surface area (Å²) >= 11 is 0.971. The molecule has 3 aromatic heterocycles. The Bertz CT molecular complexity index is 771. The summed E-state index contributed by atoms with van der Waals surface area (Å²) in [7, 11) is 0. The number of aryl methyl sites for hydroxylation is 2. The first kappa shape index (κ1) is 13.7. The molecule has 0 saturated heterocycles. The van der Waals surface area contributed by atoms with Crippen LogP contribution in [0.3, 0.4) is 0 Å². The third kappa shape index (κ3) is 2.66. The van der Waals surface area contributed by atoms with Crippen molar-refractivity contribution in [3.63, 3.8) is 0 Å². The minimum atomic E-state index is -0.454. The zero-order chi connectivity index (χ0) is 14.8. The van der Waals surface area contributed by atoms with Crippen molar-refractivity contribution in [1.29, 1.82) is 0 Å². The molecular formula is C13H11FN4O2S. The highest BCUT2D eigenvalue weighted by atomic mass is 32.2. The van der Waals surface area contributed by atoms with Crippen LogP contribution in [0.2, 0.25) is 0 Å². The third-order valence-corrected chi connectivity index (χ3v) is 3.66. The van der Waals surface area contributed by atoms with Crippen LogP contribution in [-0.4, -0.2) is 20.2 Å². The van der Waals surface area contributed by atoms with Gasteiger partial charge in [-0.2, -0.15) is 0 Å². The van der Waals surface area contributed by atoms with Gasteiger partial charge in [0.15, 0.2) is 5.82 Å². The second-order valence-electron chi connectivity index (χ2n) is 4.16. The number of hydrogen-bond acceptors (Lipinski definition) is 7. The maximum Gasteiger partial charge on any atom is 0.283 e. The lowest BCUT2D eigenvalue weighted by atomic mass is 10.3. The second-order valence-corrected chi connectivity index (χ2v) is 5.10. The van der Waals surface area contributed by atoms with E-state index in [0.717, 1.165) is 11.8 Å². The fourth-order valence-corrected chi connectivity index (χ4v) is 2.43. The van der Waals surface area contributed by atoms with Gasteiger partial charge in [0.05, 0.1) is 17.5 Å². The van der Waals surface area contributed by atoms with Crippen molar-refractivity contribution in [3.8, 4) is 11.5 Å². The van der Waals surface area contributed by atoms with Crippen molar-refractivity contribution in [2.45, 2.75) is 30.5 Å². The highest BCUT2D eigenvalue weighted by Crippen LogP contribution is 2.31. The largest absolute Gasteiger partial charge is 0.469 e. The van der Waals surface area contributed by atoms with Crippen LogP contribution in [0.1, 0.15) is 18.4 Å². The van der Waals surface area contributed by atoms with E-state index in [4.69, 9.17) is 8.83 Å². The molecule has 8 heteroatoms. The maximum absolute atomic E-state index is 14.1. The van der Waals surface area contributed by atoms with Crippen molar-refractivity contribution in [2.75, 3.05) is 0 Å². The summed E-state index contributed by atoms with van der Waals surface area (Å²) < 4.78 is 24.7. The van der Waals surface area contributed by atoms with Crippen molar-refractivity contribution in [2.24, 2.45) is 0 Å². The molecule has 0 fully saturated rings. The topological polar surface area (TPSA) is 77.8 Å². The number of hydrogen-bond donors (Lipinski definition) is 0. The van der Waals surface area contributed by atoms with Gasteiger partial charge < -0.3 is 8.83 Å². The van der Waals surface area contributed by atoms with Gasteiger partial charge in [0, 0.05) is 0 Å². The van der Waals surface area contributed by atoms with Gasteiger partial charge in [-0.1, -0.05) is 6.92 Å². The summed E-state index contributed by atoms with van der Waals surface area (Å²) in [5.41, 5.74) is 1.07. The van der Waals surface area contributed by atoms with Crippen LogP contribution in [0, 0.1) is 12.7 Å². The van der Waals surface area contributed by atoms with Crippen LogP contribution < -0.4 is 0 Å². The van der Waals surface area contributed by atoms with Crippen LogP contribution >= 0.6 is 11.8 Å². The standard InChI is InChI=1S/C13H11FN4O2S/c1-3-9-10(14)12(16-6-15-9)21-13-18-17-11(20-13)8-4-5-19-7(8)2/h4-6H,3H2,1-2H3. The summed E-state index contributed by atoms with van der Waals surface area (Å²) in [6.45, 7) is 3.62. The molecular weight excluding hydrogens is 295 g/mol. The van der Waals surface area contributed by atoms with E-state index in [0.29, 0.717) is 29.3 Å². The molecule has 0 N–H and O–H groups in total. The second kappa shape index (κ2) is 5.65. The van der Waals surface area contributed by atoms with Crippen molar-refractivity contribution in [3.05, 3.63) is 35.9 Å². The number of halogens is 1.